The zero-order valence-electron chi connectivity index (χ0n) is 11.3. The van der Waals surface area contributed by atoms with E-state index in [-0.39, 0.29) is 5.71 Å². The molecule has 1 N–H and O–H groups in total. The van der Waals surface area contributed by atoms with Crippen molar-refractivity contribution in [2.24, 2.45) is 11.1 Å². The maximum atomic E-state index is 11.7. The van der Waals surface area contributed by atoms with Gasteiger partial charge in [-0.25, -0.2) is 10.3 Å². The average Bonchev–Trinajstić information content (AvgIpc) is 2.84. The van der Waals surface area contributed by atoms with Crippen LogP contribution in [0.4, 0.5) is 0 Å². The van der Waals surface area contributed by atoms with Crippen molar-refractivity contribution in [2.75, 3.05) is 7.11 Å². The zero-order valence-corrected chi connectivity index (χ0v) is 12.1. The van der Waals surface area contributed by atoms with Crippen LogP contribution in [0.2, 0.25) is 5.02 Å². The fraction of sp³-hybridized carbons (Fsp3) is 0.308. The molecule has 0 saturated heterocycles. The summed E-state index contributed by atoms with van der Waals surface area (Å²) in [5.74, 6) is -2.51. The number of hydrogen-bond donors (Lipinski definition) is 1. The molecule has 0 saturated carbocycles. The third-order valence-corrected chi connectivity index (χ3v) is 2.60. The number of halogens is 1. The molecule has 1 aliphatic heterocycles. The zero-order chi connectivity index (χ0) is 15.1. The molecule has 0 bridgehead atoms. The van der Waals surface area contributed by atoms with Crippen LogP contribution in [0.3, 0.4) is 0 Å². The quantitative estimate of drug-likeness (QED) is 0.525. The number of hydrogen-bond acceptors (Lipinski definition) is 5. The second kappa shape index (κ2) is 7.62. The van der Waals surface area contributed by atoms with Crippen LogP contribution in [0, 0.1) is 5.92 Å². The molecule has 0 fully saturated rings. The summed E-state index contributed by atoms with van der Waals surface area (Å²) < 4.78 is 0. The molecule has 1 heterocycles. The number of hydroxylamine groups is 1. The van der Waals surface area contributed by atoms with Crippen molar-refractivity contribution >= 4 is 29.2 Å². The topological polar surface area (TPSA) is 77.0 Å². The fourth-order valence-electron chi connectivity index (χ4n) is 1.54. The van der Waals surface area contributed by atoms with E-state index in [1.165, 1.54) is 7.11 Å². The molecule has 108 valence electrons. The van der Waals surface area contributed by atoms with E-state index in [1.807, 2.05) is 13.8 Å². The number of carbonyl (C=O) groups excluding carboxylic acids is 2. The second-order valence-corrected chi connectivity index (χ2v) is 3.93. The minimum Gasteiger partial charge on any atom is -0.317 e. The second-order valence-electron chi connectivity index (χ2n) is 3.50. The highest BCUT2D eigenvalue weighted by Crippen LogP contribution is 2.20. The van der Waals surface area contributed by atoms with Gasteiger partial charge in [0.05, 0.1) is 7.11 Å². The van der Waals surface area contributed by atoms with Crippen LogP contribution in [0.5, 0.6) is 0 Å². The van der Waals surface area contributed by atoms with E-state index in [0.29, 0.717) is 10.6 Å². The first-order valence-electron chi connectivity index (χ1n) is 6.01. The van der Waals surface area contributed by atoms with Gasteiger partial charge < -0.3 is 4.84 Å². The van der Waals surface area contributed by atoms with E-state index in [9.17, 15) is 9.59 Å². The maximum absolute atomic E-state index is 11.7. The van der Waals surface area contributed by atoms with Gasteiger partial charge in [0.2, 0.25) is 0 Å². The standard InChI is InChI=1S/C11H9ClN2O4.C2H6/c1-17-14-10(15)8-9(13-18-11(8)16)6-2-4-7(12)5-3-6;1-2/h2-5,8H,1H3,(H,14,15);1-2H3. The first-order chi connectivity index (χ1) is 9.63. The molecule has 1 atom stereocenters. The van der Waals surface area contributed by atoms with Crippen LogP contribution in [-0.4, -0.2) is 24.7 Å². The lowest BCUT2D eigenvalue weighted by Gasteiger charge is -2.08. The molecule has 20 heavy (non-hydrogen) atoms. The van der Waals surface area contributed by atoms with Gasteiger partial charge in [-0.3, -0.25) is 9.63 Å². The Hall–Kier alpha value is -1.92. The molecule has 0 radical (unpaired) electrons. The van der Waals surface area contributed by atoms with E-state index >= 15 is 0 Å². The summed E-state index contributed by atoms with van der Waals surface area (Å²) in [6.07, 6.45) is 0. The molecule has 0 spiro atoms. The van der Waals surface area contributed by atoms with Crippen molar-refractivity contribution in [3.05, 3.63) is 34.9 Å². The molecule has 1 aliphatic rings. The smallest absolute Gasteiger partial charge is 0.317 e. The third kappa shape index (κ3) is 3.55. The van der Waals surface area contributed by atoms with Crippen molar-refractivity contribution in [3.8, 4) is 0 Å². The number of carbonyl (C=O) groups is 2. The Labute approximate surface area is 121 Å². The lowest BCUT2D eigenvalue weighted by Crippen LogP contribution is -2.37. The largest absolute Gasteiger partial charge is 0.353 e. The highest BCUT2D eigenvalue weighted by atomic mass is 35.5. The van der Waals surface area contributed by atoms with E-state index in [1.54, 1.807) is 24.3 Å². The van der Waals surface area contributed by atoms with Crippen LogP contribution in [0.15, 0.2) is 29.4 Å². The van der Waals surface area contributed by atoms with Gasteiger partial charge in [-0.2, -0.15) is 0 Å². The summed E-state index contributed by atoms with van der Waals surface area (Å²) in [7, 11) is 1.28. The lowest BCUT2D eigenvalue weighted by molar-refractivity contribution is -0.149. The van der Waals surface area contributed by atoms with Crippen molar-refractivity contribution < 1.29 is 19.3 Å². The van der Waals surface area contributed by atoms with Crippen LogP contribution >= 0.6 is 11.6 Å². The summed E-state index contributed by atoms with van der Waals surface area (Å²) >= 11 is 5.76. The molecule has 0 aromatic heterocycles. The molecule has 7 heteroatoms. The molecule has 2 rings (SSSR count). The minimum absolute atomic E-state index is 0.228. The van der Waals surface area contributed by atoms with Gasteiger partial charge in [0.25, 0.3) is 5.91 Å². The molecule has 1 unspecified atom stereocenters. The Morgan fingerprint density at radius 2 is 1.95 bits per heavy atom. The minimum atomic E-state index is -1.13. The summed E-state index contributed by atoms with van der Waals surface area (Å²) in [5.41, 5.74) is 2.90. The number of oxime groups is 1. The number of rotatable bonds is 3. The Bertz CT molecular complexity index is 514. The van der Waals surface area contributed by atoms with Gasteiger partial charge in [-0.15, -0.1) is 0 Å². The SMILES string of the molecule is CC.CONC(=O)C1C(=O)ON=C1c1ccc(Cl)cc1. The van der Waals surface area contributed by atoms with Crippen molar-refractivity contribution in [2.45, 2.75) is 13.8 Å². The molecular formula is C13H15ClN2O4. The van der Waals surface area contributed by atoms with Crippen LogP contribution in [0.25, 0.3) is 0 Å². The molecule has 1 aromatic rings. The predicted molar refractivity (Wildman–Crippen MR) is 74.1 cm³/mol. The Morgan fingerprint density at radius 3 is 2.50 bits per heavy atom. The summed E-state index contributed by atoms with van der Waals surface area (Å²) in [6, 6.07) is 6.56. The maximum Gasteiger partial charge on any atom is 0.353 e. The van der Waals surface area contributed by atoms with Crippen molar-refractivity contribution in [3.63, 3.8) is 0 Å². The summed E-state index contributed by atoms with van der Waals surface area (Å²) in [4.78, 5) is 32.1. The van der Waals surface area contributed by atoms with Crippen LogP contribution in [-0.2, 0) is 19.3 Å². The molecule has 6 nitrogen and oxygen atoms in total. The summed E-state index contributed by atoms with van der Waals surface area (Å²) in [6.45, 7) is 4.00. The molecular weight excluding hydrogens is 284 g/mol. The predicted octanol–water partition coefficient (Wildman–Crippen LogP) is 1.92. The van der Waals surface area contributed by atoms with Crippen molar-refractivity contribution in [1.29, 1.82) is 0 Å². The van der Waals surface area contributed by atoms with Gasteiger partial charge in [0.1, 0.15) is 5.71 Å². The lowest BCUT2D eigenvalue weighted by atomic mass is 9.97. The average molecular weight is 299 g/mol. The van der Waals surface area contributed by atoms with Gasteiger partial charge >= 0.3 is 5.97 Å². The Balaban J connectivity index is 0.000000956. The number of nitrogens with zero attached hydrogens (tertiary/aromatic N) is 1. The Kier molecular flexibility index (Phi) is 6.14. The molecule has 0 aliphatic carbocycles. The monoisotopic (exact) mass is 298 g/mol. The van der Waals surface area contributed by atoms with Crippen molar-refractivity contribution in [1.82, 2.24) is 5.48 Å². The summed E-state index contributed by atoms with van der Waals surface area (Å²) in [5, 5.41) is 4.15. The van der Waals surface area contributed by atoms with Crippen LogP contribution in [0.1, 0.15) is 19.4 Å². The number of nitrogens with one attached hydrogen (secondary N) is 1. The van der Waals surface area contributed by atoms with Crippen LogP contribution < -0.4 is 5.48 Å². The van der Waals surface area contributed by atoms with Gasteiger partial charge in [0.15, 0.2) is 5.92 Å². The number of amides is 1. The highest BCUT2D eigenvalue weighted by Gasteiger charge is 2.40. The normalized spacial score (nSPS) is 16.7. The highest BCUT2D eigenvalue weighted by molar-refractivity contribution is 6.31. The van der Waals surface area contributed by atoms with Gasteiger partial charge in [0, 0.05) is 10.6 Å². The number of benzene rings is 1. The Morgan fingerprint density at radius 1 is 1.35 bits per heavy atom. The van der Waals surface area contributed by atoms with E-state index < -0.39 is 17.8 Å². The first-order valence-corrected chi connectivity index (χ1v) is 6.39. The van der Waals surface area contributed by atoms with Gasteiger partial charge in [-0.1, -0.05) is 42.7 Å². The molecule has 1 aromatic carbocycles. The molecule has 1 amide bonds. The van der Waals surface area contributed by atoms with Gasteiger partial charge in [-0.05, 0) is 12.1 Å². The first kappa shape index (κ1) is 16.1. The fourth-order valence-corrected chi connectivity index (χ4v) is 1.67. The van der Waals surface area contributed by atoms with E-state index in [2.05, 4.69) is 20.3 Å². The van der Waals surface area contributed by atoms with E-state index in [0.717, 1.165) is 0 Å². The third-order valence-electron chi connectivity index (χ3n) is 2.35. The van der Waals surface area contributed by atoms with E-state index in [4.69, 9.17) is 11.6 Å².